The number of amides is 1. The van der Waals surface area contributed by atoms with Crippen LogP contribution in [0, 0.1) is 0 Å². The summed E-state index contributed by atoms with van der Waals surface area (Å²) >= 11 is 0. The number of carbonyl (C=O) groups excluding carboxylic acids is 1. The van der Waals surface area contributed by atoms with Gasteiger partial charge in [0.15, 0.2) is 11.5 Å². The average molecular weight is 336 g/mol. The zero-order chi connectivity index (χ0) is 17.1. The van der Waals surface area contributed by atoms with Gasteiger partial charge in [0.25, 0.3) is 5.91 Å². The van der Waals surface area contributed by atoms with Crippen LogP contribution >= 0.6 is 0 Å². The lowest BCUT2D eigenvalue weighted by atomic mass is 10.2. The molecule has 2 aromatic carbocycles. The van der Waals surface area contributed by atoms with Gasteiger partial charge >= 0.3 is 0 Å². The normalized spacial score (nSPS) is 15.6. The van der Waals surface area contributed by atoms with Gasteiger partial charge in [0, 0.05) is 0 Å². The Bertz CT molecular complexity index is 879. The summed E-state index contributed by atoms with van der Waals surface area (Å²) in [7, 11) is 0. The van der Waals surface area contributed by atoms with Crippen LogP contribution in [0.5, 0.6) is 11.5 Å². The number of hydrogen-bond donors (Lipinski definition) is 1. The van der Waals surface area contributed by atoms with Crippen molar-refractivity contribution in [2.24, 2.45) is 0 Å². The predicted molar refractivity (Wildman–Crippen MR) is 90.5 cm³/mol. The Balaban J connectivity index is 1.39. The van der Waals surface area contributed by atoms with E-state index in [1.54, 1.807) is 23.1 Å². The molecule has 1 N–H and O–H groups in total. The van der Waals surface area contributed by atoms with Gasteiger partial charge < -0.3 is 9.47 Å². The molecule has 4 rings (SSSR count). The van der Waals surface area contributed by atoms with Crippen LogP contribution in [0.15, 0.2) is 60.9 Å². The van der Waals surface area contributed by atoms with Gasteiger partial charge in [-0.2, -0.15) is 0 Å². The fourth-order valence-corrected chi connectivity index (χ4v) is 2.54. The number of para-hydroxylation sites is 2. The Hall–Kier alpha value is -3.35. The molecule has 0 fully saturated rings. The maximum absolute atomic E-state index is 12.3. The van der Waals surface area contributed by atoms with E-state index in [0.29, 0.717) is 18.0 Å². The van der Waals surface area contributed by atoms with E-state index in [-0.39, 0.29) is 18.5 Å². The number of hydrogen-bond acceptors (Lipinski definition) is 5. The first-order valence-electron chi connectivity index (χ1n) is 7.91. The standard InChI is InChI=1S/C18H16N4O3/c23-17(16-11-24-14-8-4-5-9-15(14)25-16)20-18-19-12-22(21-18)10-13-6-2-1-3-7-13/h1-9,12,16H,10-11H2,(H,20,21,23)/t16-/m1/s1. The van der Waals surface area contributed by atoms with Crippen molar-refractivity contribution in [2.45, 2.75) is 12.6 Å². The third-order valence-electron chi connectivity index (χ3n) is 3.76. The Morgan fingerprint density at radius 3 is 2.72 bits per heavy atom. The summed E-state index contributed by atoms with van der Waals surface area (Å²) in [5, 5.41) is 6.92. The lowest BCUT2D eigenvalue weighted by Crippen LogP contribution is -2.40. The van der Waals surface area contributed by atoms with Gasteiger partial charge in [0.2, 0.25) is 12.1 Å². The van der Waals surface area contributed by atoms with E-state index in [0.717, 1.165) is 5.56 Å². The zero-order valence-electron chi connectivity index (χ0n) is 13.3. The monoisotopic (exact) mass is 336 g/mol. The van der Waals surface area contributed by atoms with Crippen molar-refractivity contribution in [3.05, 3.63) is 66.5 Å². The van der Waals surface area contributed by atoms with Gasteiger partial charge in [-0.15, -0.1) is 5.10 Å². The van der Waals surface area contributed by atoms with Crippen molar-refractivity contribution >= 4 is 11.9 Å². The van der Waals surface area contributed by atoms with E-state index in [9.17, 15) is 4.79 Å². The Morgan fingerprint density at radius 2 is 1.88 bits per heavy atom. The Labute approximate surface area is 144 Å². The molecule has 126 valence electrons. The number of ether oxygens (including phenoxy) is 2. The second-order valence-corrected chi connectivity index (χ2v) is 5.60. The summed E-state index contributed by atoms with van der Waals surface area (Å²) < 4.78 is 12.9. The second kappa shape index (κ2) is 6.64. The minimum atomic E-state index is -0.740. The van der Waals surface area contributed by atoms with Crippen molar-refractivity contribution in [3.63, 3.8) is 0 Å². The molecule has 0 spiro atoms. The summed E-state index contributed by atoms with van der Waals surface area (Å²) in [5.74, 6) is 1.09. The smallest absolute Gasteiger partial charge is 0.271 e. The molecular weight excluding hydrogens is 320 g/mol. The predicted octanol–water partition coefficient (Wildman–Crippen LogP) is 2.10. The quantitative estimate of drug-likeness (QED) is 0.789. The third kappa shape index (κ3) is 3.45. The number of aromatic nitrogens is 3. The van der Waals surface area contributed by atoms with Gasteiger partial charge in [-0.3, -0.25) is 10.1 Å². The van der Waals surface area contributed by atoms with Crippen LogP contribution in [-0.4, -0.2) is 33.4 Å². The maximum Gasteiger partial charge on any atom is 0.271 e. The van der Waals surface area contributed by atoms with Crippen LogP contribution in [-0.2, 0) is 11.3 Å². The summed E-state index contributed by atoms with van der Waals surface area (Å²) in [5.41, 5.74) is 1.10. The molecule has 0 bridgehead atoms. The van der Waals surface area contributed by atoms with Crippen molar-refractivity contribution in [1.29, 1.82) is 0 Å². The fourth-order valence-electron chi connectivity index (χ4n) is 2.54. The lowest BCUT2D eigenvalue weighted by molar-refractivity contribution is -0.125. The van der Waals surface area contributed by atoms with Crippen molar-refractivity contribution < 1.29 is 14.3 Å². The maximum atomic E-state index is 12.3. The number of rotatable bonds is 4. The molecule has 1 atom stereocenters. The van der Waals surface area contributed by atoms with Crippen LogP contribution < -0.4 is 14.8 Å². The summed E-state index contributed by atoms with van der Waals surface area (Å²) in [6.07, 6.45) is 0.840. The molecule has 0 unspecified atom stereocenters. The van der Waals surface area contributed by atoms with Crippen LogP contribution in [0.2, 0.25) is 0 Å². The molecule has 7 nitrogen and oxygen atoms in total. The van der Waals surface area contributed by atoms with E-state index >= 15 is 0 Å². The van der Waals surface area contributed by atoms with Crippen LogP contribution in [0.4, 0.5) is 5.95 Å². The molecule has 3 aromatic rings. The highest BCUT2D eigenvalue weighted by Gasteiger charge is 2.28. The van der Waals surface area contributed by atoms with E-state index < -0.39 is 6.10 Å². The molecule has 1 aliphatic rings. The molecule has 0 aliphatic carbocycles. The number of anilines is 1. The molecule has 1 aromatic heterocycles. The third-order valence-corrected chi connectivity index (χ3v) is 3.76. The van der Waals surface area contributed by atoms with Crippen molar-refractivity contribution in [1.82, 2.24) is 14.8 Å². The first-order chi connectivity index (χ1) is 12.3. The largest absolute Gasteiger partial charge is 0.485 e. The van der Waals surface area contributed by atoms with Gasteiger partial charge in [0.1, 0.15) is 12.9 Å². The minimum Gasteiger partial charge on any atom is -0.485 e. The Morgan fingerprint density at radius 1 is 1.12 bits per heavy atom. The SMILES string of the molecule is O=C(Nc1ncn(Cc2ccccc2)n1)[C@H]1COc2ccccc2O1. The zero-order valence-corrected chi connectivity index (χ0v) is 13.3. The molecule has 0 saturated carbocycles. The number of carbonyl (C=O) groups is 1. The van der Waals surface area contributed by atoms with E-state index in [1.165, 1.54) is 0 Å². The molecular formula is C18H16N4O3. The second-order valence-electron chi connectivity index (χ2n) is 5.60. The molecule has 25 heavy (non-hydrogen) atoms. The van der Waals surface area contributed by atoms with Gasteiger partial charge in [-0.05, 0) is 17.7 Å². The first kappa shape index (κ1) is 15.2. The highest BCUT2D eigenvalue weighted by molar-refractivity contribution is 5.93. The fraction of sp³-hybridized carbons (Fsp3) is 0.167. The van der Waals surface area contributed by atoms with Crippen LogP contribution in [0.1, 0.15) is 5.56 Å². The highest BCUT2D eigenvalue weighted by Crippen LogP contribution is 2.31. The molecule has 0 radical (unpaired) electrons. The van der Waals surface area contributed by atoms with Crippen LogP contribution in [0.3, 0.4) is 0 Å². The molecule has 1 aliphatic heterocycles. The molecule has 2 heterocycles. The lowest BCUT2D eigenvalue weighted by Gasteiger charge is -2.25. The minimum absolute atomic E-state index is 0.146. The van der Waals surface area contributed by atoms with Gasteiger partial charge in [-0.1, -0.05) is 42.5 Å². The van der Waals surface area contributed by atoms with Crippen molar-refractivity contribution in [3.8, 4) is 11.5 Å². The summed E-state index contributed by atoms with van der Waals surface area (Å²) in [6.45, 7) is 0.730. The number of benzene rings is 2. The average Bonchev–Trinajstić information content (AvgIpc) is 3.09. The highest BCUT2D eigenvalue weighted by atomic mass is 16.6. The molecule has 7 heteroatoms. The van der Waals surface area contributed by atoms with E-state index in [2.05, 4.69) is 15.4 Å². The van der Waals surface area contributed by atoms with E-state index in [4.69, 9.17) is 9.47 Å². The summed E-state index contributed by atoms with van der Waals surface area (Å²) in [6, 6.07) is 17.1. The first-order valence-corrected chi connectivity index (χ1v) is 7.91. The topological polar surface area (TPSA) is 78.3 Å². The number of nitrogens with one attached hydrogen (secondary N) is 1. The van der Waals surface area contributed by atoms with Crippen LogP contribution in [0.25, 0.3) is 0 Å². The Kier molecular flexibility index (Phi) is 4.04. The van der Waals surface area contributed by atoms with Gasteiger partial charge in [-0.25, -0.2) is 9.67 Å². The van der Waals surface area contributed by atoms with Crippen molar-refractivity contribution in [2.75, 3.05) is 11.9 Å². The number of fused-ring (bicyclic) bond motifs is 1. The molecule has 1 amide bonds. The van der Waals surface area contributed by atoms with Gasteiger partial charge in [0.05, 0.1) is 6.54 Å². The molecule has 0 saturated heterocycles. The number of nitrogens with zero attached hydrogens (tertiary/aromatic N) is 3. The summed E-state index contributed by atoms with van der Waals surface area (Å²) in [4.78, 5) is 16.5. The van der Waals surface area contributed by atoms with E-state index in [1.807, 2.05) is 42.5 Å².